The Morgan fingerprint density at radius 2 is 2.27 bits per heavy atom. The fourth-order valence-electron chi connectivity index (χ4n) is 1.66. The van der Waals surface area contributed by atoms with Gasteiger partial charge in [0.2, 0.25) is 0 Å². The fourth-order valence-corrected chi connectivity index (χ4v) is 1.66. The van der Waals surface area contributed by atoms with E-state index in [1.54, 1.807) is 4.68 Å². The summed E-state index contributed by atoms with van der Waals surface area (Å²) in [7, 11) is 0. The van der Waals surface area contributed by atoms with Gasteiger partial charge in [-0.25, -0.2) is 4.68 Å². The summed E-state index contributed by atoms with van der Waals surface area (Å²) in [6.07, 6.45) is 1.84. The molecule has 1 fully saturated rings. The van der Waals surface area contributed by atoms with E-state index in [0.717, 1.165) is 38.4 Å². The van der Waals surface area contributed by atoms with Crippen LogP contribution in [0, 0.1) is 11.3 Å². The molecule has 0 aliphatic carbocycles. The number of nitrogens with one attached hydrogen (secondary N) is 1. The van der Waals surface area contributed by atoms with Crippen molar-refractivity contribution in [3.63, 3.8) is 0 Å². The Bertz CT molecular complexity index is 346. The largest absolute Gasteiger partial charge is 0.314 e. The van der Waals surface area contributed by atoms with E-state index in [-0.39, 0.29) is 6.54 Å². The summed E-state index contributed by atoms with van der Waals surface area (Å²) in [5.41, 5.74) is 0.937. The van der Waals surface area contributed by atoms with Gasteiger partial charge in [-0.3, -0.25) is 4.90 Å². The van der Waals surface area contributed by atoms with Crippen molar-refractivity contribution in [2.24, 2.45) is 0 Å². The molecule has 1 aliphatic rings. The van der Waals surface area contributed by atoms with Crippen LogP contribution in [0.5, 0.6) is 0 Å². The molecule has 2 rings (SSSR count). The second-order valence-corrected chi connectivity index (χ2v) is 3.59. The number of piperazine rings is 1. The molecule has 1 N–H and O–H groups in total. The van der Waals surface area contributed by atoms with Crippen LogP contribution < -0.4 is 5.32 Å². The number of nitriles is 1. The average molecular weight is 206 g/mol. The summed E-state index contributed by atoms with van der Waals surface area (Å²) in [6, 6.07) is 2.04. The zero-order chi connectivity index (χ0) is 10.5. The first-order valence-corrected chi connectivity index (χ1v) is 5.07. The third-order valence-electron chi connectivity index (χ3n) is 2.41. The van der Waals surface area contributed by atoms with E-state index in [9.17, 15) is 0 Å². The predicted molar refractivity (Wildman–Crippen MR) is 53.8 cm³/mol. The first kappa shape index (κ1) is 10.1. The maximum absolute atomic E-state index is 8.49. The number of nitrogens with zero attached hydrogens (tertiary/aromatic N) is 5. The van der Waals surface area contributed by atoms with Gasteiger partial charge >= 0.3 is 0 Å². The summed E-state index contributed by atoms with van der Waals surface area (Å²) in [4.78, 5) is 2.33. The molecule has 0 atom stereocenters. The Kier molecular flexibility index (Phi) is 3.27. The van der Waals surface area contributed by atoms with Crippen LogP contribution in [0.25, 0.3) is 0 Å². The Balaban J connectivity index is 1.89. The van der Waals surface area contributed by atoms with E-state index in [0.29, 0.717) is 0 Å². The van der Waals surface area contributed by atoms with Crippen molar-refractivity contribution < 1.29 is 0 Å². The minimum Gasteiger partial charge on any atom is -0.314 e. The summed E-state index contributed by atoms with van der Waals surface area (Å²) in [6.45, 7) is 5.26. The number of hydrogen-bond donors (Lipinski definition) is 1. The first-order valence-electron chi connectivity index (χ1n) is 5.07. The lowest BCUT2D eigenvalue weighted by Gasteiger charge is -2.25. The SMILES string of the molecule is N#CCn1cc(CN2CCNCC2)nn1. The van der Waals surface area contributed by atoms with Gasteiger partial charge in [-0.15, -0.1) is 5.10 Å². The van der Waals surface area contributed by atoms with Crippen LogP contribution in [0.15, 0.2) is 6.20 Å². The molecule has 0 amide bonds. The van der Waals surface area contributed by atoms with Gasteiger partial charge in [0.1, 0.15) is 6.54 Å². The van der Waals surface area contributed by atoms with Gasteiger partial charge < -0.3 is 5.32 Å². The van der Waals surface area contributed by atoms with Crippen LogP contribution >= 0.6 is 0 Å². The Hall–Kier alpha value is -1.45. The Morgan fingerprint density at radius 1 is 1.47 bits per heavy atom. The second kappa shape index (κ2) is 4.87. The van der Waals surface area contributed by atoms with Crippen LogP contribution in [0.2, 0.25) is 0 Å². The summed E-state index contributed by atoms with van der Waals surface area (Å²) in [5, 5.41) is 19.7. The summed E-state index contributed by atoms with van der Waals surface area (Å²) >= 11 is 0. The second-order valence-electron chi connectivity index (χ2n) is 3.59. The van der Waals surface area contributed by atoms with E-state index in [1.807, 2.05) is 12.3 Å². The lowest BCUT2D eigenvalue weighted by atomic mass is 10.3. The van der Waals surface area contributed by atoms with Crippen molar-refractivity contribution in [2.45, 2.75) is 13.1 Å². The van der Waals surface area contributed by atoms with E-state index in [4.69, 9.17) is 5.26 Å². The predicted octanol–water partition coefficient (Wildman–Crippen LogP) is -0.793. The zero-order valence-corrected chi connectivity index (χ0v) is 8.56. The number of rotatable bonds is 3. The van der Waals surface area contributed by atoms with Gasteiger partial charge in [-0.05, 0) is 0 Å². The molecule has 1 aromatic rings. The molecule has 2 heterocycles. The van der Waals surface area contributed by atoms with Gasteiger partial charge in [0.05, 0.1) is 18.0 Å². The van der Waals surface area contributed by atoms with Crippen molar-refractivity contribution in [3.8, 4) is 6.07 Å². The molecule has 0 bridgehead atoms. The van der Waals surface area contributed by atoms with Crippen LogP contribution in [0.4, 0.5) is 0 Å². The van der Waals surface area contributed by atoms with Crippen molar-refractivity contribution >= 4 is 0 Å². The Labute approximate surface area is 88.5 Å². The van der Waals surface area contributed by atoms with Crippen molar-refractivity contribution in [1.82, 2.24) is 25.2 Å². The maximum Gasteiger partial charge on any atom is 0.129 e. The molecule has 6 heteroatoms. The summed E-state index contributed by atoms with van der Waals surface area (Å²) in [5.74, 6) is 0. The average Bonchev–Trinajstić information content (AvgIpc) is 2.68. The van der Waals surface area contributed by atoms with Crippen LogP contribution in [0.3, 0.4) is 0 Å². The van der Waals surface area contributed by atoms with Gasteiger partial charge in [0, 0.05) is 32.7 Å². The van der Waals surface area contributed by atoms with Crippen LogP contribution in [-0.2, 0) is 13.1 Å². The highest BCUT2D eigenvalue weighted by Crippen LogP contribution is 2.01. The molecular weight excluding hydrogens is 192 g/mol. The van der Waals surface area contributed by atoms with Crippen molar-refractivity contribution in [3.05, 3.63) is 11.9 Å². The van der Waals surface area contributed by atoms with Crippen LogP contribution in [-0.4, -0.2) is 46.1 Å². The van der Waals surface area contributed by atoms with Crippen molar-refractivity contribution in [1.29, 1.82) is 5.26 Å². The molecule has 1 aliphatic heterocycles. The van der Waals surface area contributed by atoms with E-state index in [1.165, 1.54) is 0 Å². The normalized spacial score (nSPS) is 17.5. The lowest BCUT2D eigenvalue weighted by molar-refractivity contribution is 0.230. The standard InChI is InChI=1S/C9H14N6/c10-1-4-15-8-9(12-13-15)7-14-5-2-11-3-6-14/h8,11H,2-7H2. The maximum atomic E-state index is 8.49. The van der Waals surface area contributed by atoms with E-state index in [2.05, 4.69) is 20.5 Å². The molecule has 6 nitrogen and oxygen atoms in total. The highest BCUT2D eigenvalue weighted by Gasteiger charge is 2.11. The fraction of sp³-hybridized carbons (Fsp3) is 0.667. The highest BCUT2D eigenvalue weighted by atomic mass is 15.4. The first-order chi connectivity index (χ1) is 7.38. The number of hydrogen-bond acceptors (Lipinski definition) is 5. The summed E-state index contributed by atoms with van der Waals surface area (Å²) < 4.78 is 1.57. The van der Waals surface area contributed by atoms with Gasteiger partial charge in [-0.2, -0.15) is 5.26 Å². The molecule has 15 heavy (non-hydrogen) atoms. The molecule has 1 saturated heterocycles. The molecular formula is C9H14N6. The zero-order valence-electron chi connectivity index (χ0n) is 8.56. The molecule has 80 valence electrons. The van der Waals surface area contributed by atoms with Gasteiger partial charge in [0.25, 0.3) is 0 Å². The molecule has 1 aromatic heterocycles. The van der Waals surface area contributed by atoms with Gasteiger partial charge in [-0.1, -0.05) is 5.21 Å². The van der Waals surface area contributed by atoms with E-state index >= 15 is 0 Å². The molecule has 0 unspecified atom stereocenters. The van der Waals surface area contributed by atoms with Crippen LogP contribution in [0.1, 0.15) is 5.69 Å². The monoisotopic (exact) mass is 206 g/mol. The van der Waals surface area contributed by atoms with Crippen molar-refractivity contribution in [2.75, 3.05) is 26.2 Å². The minimum atomic E-state index is 0.272. The third-order valence-corrected chi connectivity index (χ3v) is 2.41. The number of aromatic nitrogens is 3. The molecule has 0 aromatic carbocycles. The van der Waals surface area contributed by atoms with Gasteiger partial charge in [0.15, 0.2) is 0 Å². The Morgan fingerprint density at radius 3 is 3.00 bits per heavy atom. The molecule has 0 spiro atoms. The topological polar surface area (TPSA) is 69.8 Å². The molecule has 0 saturated carbocycles. The highest BCUT2D eigenvalue weighted by molar-refractivity contribution is 4.94. The lowest BCUT2D eigenvalue weighted by Crippen LogP contribution is -2.42. The smallest absolute Gasteiger partial charge is 0.129 e. The van der Waals surface area contributed by atoms with E-state index < -0.39 is 0 Å². The molecule has 0 radical (unpaired) electrons. The quantitative estimate of drug-likeness (QED) is 0.701. The minimum absolute atomic E-state index is 0.272. The third kappa shape index (κ3) is 2.75.